The van der Waals surface area contributed by atoms with E-state index in [9.17, 15) is 14.7 Å². The number of fused-ring (bicyclic) bond motifs is 1. The van der Waals surface area contributed by atoms with Gasteiger partial charge in [0.1, 0.15) is 0 Å². The number of pyridine rings is 1. The number of benzene rings is 2. The Hall–Kier alpha value is -2.92. The molecule has 0 radical (unpaired) electrons. The lowest BCUT2D eigenvalue weighted by molar-refractivity contribution is 0.0992. The average molecular weight is 392 g/mol. The summed E-state index contributed by atoms with van der Waals surface area (Å²) < 4.78 is 1.73. The predicted octanol–water partition coefficient (Wildman–Crippen LogP) is 4.22. The van der Waals surface area contributed by atoms with Gasteiger partial charge in [-0.3, -0.25) is 9.59 Å². The quantitative estimate of drug-likeness (QED) is 0.707. The van der Waals surface area contributed by atoms with Crippen LogP contribution in [0.1, 0.15) is 53.7 Å². The minimum absolute atomic E-state index is 0.0212. The van der Waals surface area contributed by atoms with E-state index in [-0.39, 0.29) is 24.0 Å². The highest BCUT2D eigenvalue weighted by Gasteiger charge is 2.19. The molecule has 152 valence electrons. The van der Waals surface area contributed by atoms with Gasteiger partial charge in [0.2, 0.25) is 0 Å². The molecular formula is C24H28N2O3. The second-order valence-electron chi connectivity index (χ2n) is 7.72. The molecule has 3 rings (SSSR count). The summed E-state index contributed by atoms with van der Waals surface area (Å²) in [7, 11) is 1.71. The largest absolute Gasteiger partial charge is 0.392 e. The van der Waals surface area contributed by atoms with E-state index in [4.69, 9.17) is 0 Å². The number of hydrogen-bond acceptors (Lipinski definition) is 3. The van der Waals surface area contributed by atoms with Gasteiger partial charge in [0, 0.05) is 41.9 Å². The van der Waals surface area contributed by atoms with Crippen molar-refractivity contribution >= 4 is 22.5 Å². The van der Waals surface area contributed by atoms with E-state index in [1.54, 1.807) is 28.6 Å². The Labute approximate surface area is 171 Å². The number of carbonyl (C=O) groups excluding carboxylic acids is 1. The normalized spacial score (nSPS) is 11.3. The number of hydrogen-bond donors (Lipinski definition) is 1. The van der Waals surface area contributed by atoms with Crippen LogP contribution in [0.3, 0.4) is 0 Å². The molecule has 0 fully saturated rings. The summed E-state index contributed by atoms with van der Waals surface area (Å²) in [6, 6.07) is 12.8. The summed E-state index contributed by atoms with van der Waals surface area (Å²) in [6.45, 7) is 8.43. The van der Waals surface area contributed by atoms with E-state index in [1.807, 2.05) is 58.0 Å². The molecule has 0 aliphatic carbocycles. The molecule has 0 unspecified atom stereocenters. The van der Waals surface area contributed by atoms with Crippen LogP contribution in [-0.2, 0) is 13.2 Å². The van der Waals surface area contributed by atoms with Crippen molar-refractivity contribution < 1.29 is 9.90 Å². The minimum atomic E-state index is -0.158. The second kappa shape index (κ2) is 8.21. The highest BCUT2D eigenvalue weighted by atomic mass is 16.3. The molecule has 5 nitrogen and oxygen atoms in total. The van der Waals surface area contributed by atoms with Gasteiger partial charge in [-0.1, -0.05) is 31.5 Å². The molecule has 0 atom stereocenters. The maximum atomic E-state index is 13.2. The molecule has 1 heterocycles. The molecule has 0 aliphatic rings. The van der Waals surface area contributed by atoms with E-state index in [0.717, 1.165) is 22.0 Å². The Kier molecular flexibility index (Phi) is 5.89. The Bertz CT molecular complexity index is 1130. The smallest absolute Gasteiger partial charge is 0.258 e. The second-order valence-corrected chi connectivity index (χ2v) is 7.72. The van der Waals surface area contributed by atoms with E-state index < -0.39 is 0 Å². The van der Waals surface area contributed by atoms with Crippen molar-refractivity contribution in [1.29, 1.82) is 0 Å². The van der Waals surface area contributed by atoms with Crippen LogP contribution in [0.25, 0.3) is 10.9 Å². The lowest BCUT2D eigenvalue weighted by atomic mass is 9.97. The first-order chi connectivity index (χ1) is 13.8. The van der Waals surface area contributed by atoms with Gasteiger partial charge in [-0.05, 0) is 49.6 Å². The molecule has 1 aromatic heterocycles. The summed E-state index contributed by atoms with van der Waals surface area (Å²) in [5.41, 5.74) is 4.74. The Balaban J connectivity index is 2.13. The van der Waals surface area contributed by atoms with Gasteiger partial charge < -0.3 is 14.6 Å². The number of aliphatic hydroxyl groups is 1. The maximum absolute atomic E-state index is 13.2. The van der Waals surface area contributed by atoms with Crippen LogP contribution in [0, 0.1) is 6.92 Å². The SMILES string of the molecule is CCn1c(=O)cc(C(C)C)c2cc(C(=O)N(C)c3ccc(C)cc3CO)ccc21. The molecule has 0 bridgehead atoms. The van der Waals surface area contributed by atoms with Crippen LogP contribution in [0.2, 0.25) is 0 Å². The molecule has 29 heavy (non-hydrogen) atoms. The van der Waals surface area contributed by atoms with Crippen molar-refractivity contribution in [2.75, 3.05) is 11.9 Å². The van der Waals surface area contributed by atoms with Gasteiger partial charge in [-0.2, -0.15) is 0 Å². The van der Waals surface area contributed by atoms with Crippen molar-refractivity contribution in [2.24, 2.45) is 0 Å². The van der Waals surface area contributed by atoms with Gasteiger partial charge in [-0.15, -0.1) is 0 Å². The van der Waals surface area contributed by atoms with Gasteiger partial charge >= 0.3 is 0 Å². The van der Waals surface area contributed by atoms with E-state index in [1.165, 1.54) is 0 Å². The fourth-order valence-electron chi connectivity index (χ4n) is 3.82. The van der Waals surface area contributed by atoms with Crippen LogP contribution in [-0.4, -0.2) is 22.6 Å². The molecule has 2 aromatic carbocycles. The number of aromatic nitrogens is 1. The highest BCUT2D eigenvalue weighted by molar-refractivity contribution is 6.08. The monoisotopic (exact) mass is 392 g/mol. The zero-order valence-electron chi connectivity index (χ0n) is 17.7. The summed E-state index contributed by atoms with van der Waals surface area (Å²) in [4.78, 5) is 27.3. The summed E-state index contributed by atoms with van der Waals surface area (Å²) in [5.74, 6) is 0.00675. The zero-order valence-corrected chi connectivity index (χ0v) is 17.7. The number of nitrogens with zero attached hydrogens (tertiary/aromatic N) is 2. The first kappa shape index (κ1) is 20.8. The van der Waals surface area contributed by atoms with E-state index in [0.29, 0.717) is 23.4 Å². The van der Waals surface area contributed by atoms with Crippen LogP contribution in [0.15, 0.2) is 47.3 Å². The Morgan fingerprint density at radius 3 is 2.48 bits per heavy atom. The molecule has 0 saturated heterocycles. The third-order valence-electron chi connectivity index (χ3n) is 5.40. The number of aliphatic hydroxyl groups excluding tert-OH is 1. The molecule has 1 N–H and O–H groups in total. The van der Waals surface area contributed by atoms with Gasteiger partial charge in [-0.25, -0.2) is 0 Å². The highest BCUT2D eigenvalue weighted by Crippen LogP contribution is 2.27. The van der Waals surface area contributed by atoms with Crippen molar-refractivity contribution in [3.05, 3.63) is 75.1 Å². The first-order valence-electron chi connectivity index (χ1n) is 9.94. The predicted molar refractivity (Wildman–Crippen MR) is 118 cm³/mol. The van der Waals surface area contributed by atoms with Crippen molar-refractivity contribution in [1.82, 2.24) is 4.57 Å². The summed E-state index contributed by atoms with van der Waals surface area (Å²) in [5, 5.41) is 10.6. The lowest BCUT2D eigenvalue weighted by Crippen LogP contribution is -2.27. The molecule has 0 aliphatic heterocycles. The minimum Gasteiger partial charge on any atom is -0.392 e. The molecular weight excluding hydrogens is 364 g/mol. The third-order valence-corrected chi connectivity index (χ3v) is 5.40. The fourth-order valence-corrected chi connectivity index (χ4v) is 3.82. The van der Waals surface area contributed by atoms with Gasteiger partial charge in [0.05, 0.1) is 12.1 Å². The number of anilines is 1. The van der Waals surface area contributed by atoms with E-state index in [2.05, 4.69) is 0 Å². The van der Waals surface area contributed by atoms with Crippen LogP contribution in [0.5, 0.6) is 0 Å². The fraction of sp³-hybridized carbons (Fsp3) is 0.333. The number of amides is 1. The molecule has 1 amide bonds. The van der Waals surface area contributed by atoms with Gasteiger partial charge in [0.15, 0.2) is 0 Å². The van der Waals surface area contributed by atoms with E-state index >= 15 is 0 Å². The van der Waals surface area contributed by atoms with Gasteiger partial charge in [0.25, 0.3) is 11.5 Å². The van der Waals surface area contributed by atoms with Crippen molar-refractivity contribution in [2.45, 2.75) is 46.8 Å². The molecule has 0 saturated carbocycles. The topological polar surface area (TPSA) is 62.5 Å². The average Bonchev–Trinajstić information content (AvgIpc) is 2.71. The van der Waals surface area contributed by atoms with Crippen LogP contribution < -0.4 is 10.5 Å². The Morgan fingerprint density at radius 1 is 1.14 bits per heavy atom. The third kappa shape index (κ3) is 3.83. The molecule has 5 heteroatoms. The molecule has 0 spiro atoms. The lowest BCUT2D eigenvalue weighted by Gasteiger charge is -2.21. The van der Waals surface area contributed by atoms with Crippen LogP contribution in [0.4, 0.5) is 5.69 Å². The number of carbonyl (C=O) groups is 1. The van der Waals surface area contributed by atoms with Crippen LogP contribution >= 0.6 is 0 Å². The Morgan fingerprint density at radius 2 is 1.86 bits per heavy atom. The number of rotatable bonds is 5. The molecule has 3 aromatic rings. The standard InChI is InChI=1S/C24H28N2O3/c1-6-26-22-10-8-17(12-20(22)19(15(2)3)13-23(26)28)24(29)25(5)21-9-7-16(4)11-18(21)14-27/h7-13,15,27H,6,14H2,1-5H3. The van der Waals surface area contributed by atoms with Crippen molar-refractivity contribution in [3.63, 3.8) is 0 Å². The summed E-state index contributed by atoms with van der Waals surface area (Å²) >= 11 is 0. The maximum Gasteiger partial charge on any atom is 0.258 e. The first-order valence-corrected chi connectivity index (χ1v) is 9.94. The summed E-state index contributed by atoms with van der Waals surface area (Å²) in [6.07, 6.45) is 0. The van der Waals surface area contributed by atoms with Crippen molar-refractivity contribution in [3.8, 4) is 0 Å². The zero-order chi connectivity index (χ0) is 21.3. The number of aryl methyl sites for hydroxylation is 2.